The minimum Gasteiger partial charge on any atom is -0.458 e. The number of aromatic nitrogens is 1. The van der Waals surface area contributed by atoms with Crippen LogP contribution in [0.2, 0.25) is 0 Å². The maximum Gasteiger partial charge on any atom is 0.153 e. The molecule has 0 aliphatic rings. The first-order valence-electron chi connectivity index (χ1n) is 5.62. The van der Waals surface area contributed by atoms with Gasteiger partial charge in [0.05, 0.1) is 5.69 Å². The minimum atomic E-state index is -0.861. The predicted octanol–water partition coefficient (Wildman–Crippen LogP) is 2.49. The molecule has 3 aromatic rings. The van der Waals surface area contributed by atoms with Crippen LogP contribution in [0, 0.1) is 0 Å². The number of nitrogens with zero attached hydrogens (tertiary/aromatic N) is 1. The highest BCUT2D eigenvalue weighted by Crippen LogP contribution is 2.28. The van der Waals surface area contributed by atoms with Gasteiger partial charge in [0, 0.05) is 17.3 Å². The van der Waals surface area contributed by atoms with E-state index in [1.165, 1.54) is 0 Å². The van der Waals surface area contributed by atoms with Crippen LogP contribution in [0.1, 0.15) is 17.6 Å². The molecule has 0 radical (unpaired) electrons. The molecule has 90 valence electrons. The van der Waals surface area contributed by atoms with E-state index in [0.717, 1.165) is 5.39 Å². The summed E-state index contributed by atoms with van der Waals surface area (Å²) in [5.41, 5.74) is 7.64. The number of hydrogen-bond acceptors (Lipinski definition) is 4. The van der Waals surface area contributed by atoms with Gasteiger partial charge in [-0.05, 0) is 36.4 Å². The minimum absolute atomic E-state index is 0.467. The Labute approximate surface area is 104 Å². The van der Waals surface area contributed by atoms with E-state index in [9.17, 15) is 5.11 Å². The molecule has 0 amide bonds. The van der Waals surface area contributed by atoms with Crippen molar-refractivity contribution in [2.24, 2.45) is 0 Å². The van der Waals surface area contributed by atoms with Gasteiger partial charge in [-0.1, -0.05) is 6.07 Å². The molecule has 3 N–H and O–H groups in total. The SMILES string of the molecule is Nc1ccc2oc(C(O)c3ccccn3)cc2c1. The zero-order valence-electron chi connectivity index (χ0n) is 9.58. The summed E-state index contributed by atoms with van der Waals surface area (Å²) in [5, 5.41) is 11.0. The molecule has 2 heterocycles. The zero-order valence-corrected chi connectivity index (χ0v) is 9.58. The summed E-state index contributed by atoms with van der Waals surface area (Å²) in [6.07, 6.45) is 0.777. The highest BCUT2D eigenvalue weighted by Gasteiger charge is 2.16. The summed E-state index contributed by atoms with van der Waals surface area (Å²) in [7, 11) is 0. The van der Waals surface area contributed by atoms with Gasteiger partial charge in [0.1, 0.15) is 11.3 Å². The topological polar surface area (TPSA) is 72.3 Å². The molecule has 1 unspecified atom stereocenters. The molecule has 0 saturated carbocycles. The van der Waals surface area contributed by atoms with Crippen LogP contribution in [0.15, 0.2) is 53.1 Å². The maximum atomic E-state index is 10.2. The molecule has 1 aromatic carbocycles. The molecule has 0 bridgehead atoms. The fourth-order valence-electron chi connectivity index (χ4n) is 1.90. The average Bonchev–Trinajstić information content (AvgIpc) is 2.81. The lowest BCUT2D eigenvalue weighted by atomic mass is 10.1. The van der Waals surface area contributed by atoms with Gasteiger partial charge in [0.25, 0.3) is 0 Å². The molecule has 2 aromatic heterocycles. The van der Waals surface area contributed by atoms with Crippen molar-refractivity contribution in [2.45, 2.75) is 6.10 Å². The van der Waals surface area contributed by atoms with Gasteiger partial charge in [0.15, 0.2) is 6.10 Å². The third kappa shape index (κ3) is 1.83. The fraction of sp³-hybridized carbons (Fsp3) is 0.0714. The van der Waals surface area contributed by atoms with Crippen molar-refractivity contribution in [1.82, 2.24) is 4.98 Å². The first-order valence-corrected chi connectivity index (χ1v) is 5.62. The number of anilines is 1. The van der Waals surface area contributed by atoms with E-state index in [1.807, 2.05) is 12.1 Å². The Morgan fingerprint density at radius 2 is 2.06 bits per heavy atom. The van der Waals surface area contributed by atoms with Crippen molar-refractivity contribution in [3.63, 3.8) is 0 Å². The molecule has 3 rings (SSSR count). The van der Waals surface area contributed by atoms with Gasteiger partial charge in [-0.2, -0.15) is 0 Å². The molecule has 0 saturated heterocycles. The Kier molecular flexibility index (Phi) is 2.50. The zero-order chi connectivity index (χ0) is 12.5. The monoisotopic (exact) mass is 240 g/mol. The van der Waals surface area contributed by atoms with E-state index in [0.29, 0.717) is 22.7 Å². The van der Waals surface area contributed by atoms with Crippen LogP contribution in [0.5, 0.6) is 0 Å². The lowest BCUT2D eigenvalue weighted by Crippen LogP contribution is -1.99. The van der Waals surface area contributed by atoms with Gasteiger partial charge in [-0.25, -0.2) is 0 Å². The van der Waals surface area contributed by atoms with Crippen LogP contribution >= 0.6 is 0 Å². The summed E-state index contributed by atoms with van der Waals surface area (Å²) in [4.78, 5) is 4.11. The smallest absolute Gasteiger partial charge is 0.153 e. The van der Waals surface area contributed by atoms with Crippen LogP contribution in [-0.4, -0.2) is 10.1 Å². The van der Waals surface area contributed by atoms with E-state index in [1.54, 1.807) is 36.5 Å². The van der Waals surface area contributed by atoms with E-state index < -0.39 is 6.10 Å². The molecular formula is C14H12N2O2. The number of aliphatic hydroxyl groups excluding tert-OH is 1. The number of nitrogen functional groups attached to an aromatic ring is 1. The van der Waals surface area contributed by atoms with Gasteiger partial charge in [-0.3, -0.25) is 4.98 Å². The average molecular weight is 240 g/mol. The summed E-state index contributed by atoms with van der Waals surface area (Å²) in [5.74, 6) is 0.467. The number of hydrogen-bond donors (Lipinski definition) is 2. The Hall–Kier alpha value is -2.33. The van der Waals surface area contributed by atoms with Crippen molar-refractivity contribution in [3.8, 4) is 0 Å². The second-order valence-corrected chi connectivity index (χ2v) is 4.10. The molecule has 0 spiro atoms. The molecular weight excluding hydrogens is 228 g/mol. The Bertz CT molecular complexity index is 677. The standard InChI is InChI=1S/C14H12N2O2/c15-10-4-5-12-9(7-10)8-13(18-12)14(17)11-3-1-2-6-16-11/h1-8,14,17H,15H2. The third-order valence-electron chi connectivity index (χ3n) is 2.80. The number of furan rings is 1. The predicted molar refractivity (Wildman–Crippen MR) is 68.9 cm³/mol. The second-order valence-electron chi connectivity index (χ2n) is 4.10. The number of nitrogens with two attached hydrogens (primary N) is 1. The van der Waals surface area contributed by atoms with Crippen molar-refractivity contribution < 1.29 is 9.52 Å². The van der Waals surface area contributed by atoms with Crippen LogP contribution in [0.25, 0.3) is 11.0 Å². The van der Waals surface area contributed by atoms with Gasteiger partial charge < -0.3 is 15.3 Å². The molecule has 0 fully saturated rings. The third-order valence-corrected chi connectivity index (χ3v) is 2.80. The van der Waals surface area contributed by atoms with Gasteiger partial charge in [-0.15, -0.1) is 0 Å². The largest absolute Gasteiger partial charge is 0.458 e. The van der Waals surface area contributed by atoms with E-state index in [4.69, 9.17) is 10.2 Å². The molecule has 1 atom stereocenters. The Balaban J connectivity index is 2.04. The second kappa shape index (κ2) is 4.16. The normalized spacial score (nSPS) is 12.7. The van der Waals surface area contributed by atoms with Crippen molar-refractivity contribution in [3.05, 3.63) is 60.1 Å². The lowest BCUT2D eigenvalue weighted by Gasteiger charge is -2.05. The van der Waals surface area contributed by atoms with E-state index >= 15 is 0 Å². The van der Waals surface area contributed by atoms with Crippen LogP contribution in [-0.2, 0) is 0 Å². The number of fused-ring (bicyclic) bond motifs is 1. The highest BCUT2D eigenvalue weighted by molar-refractivity contribution is 5.81. The quantitative estimate of drug-likeness (QED) is 0.675. The maximum absolute atomic E-state index is 10.2. The first kappa shape index (κ1) is 10.8. The van der Waals surface area contributed by atoms with E-state index in [-0.39, 0.29) is 0 Å². The Morgan fingerprint density at radius 1 is 1.17 bits per heavy atom. The summed E-state index contributed by atoms with van der Waals surface area (Å²) < 4.78 is 5.59. The molecule has 0 aliphatic carbocycles. The summed E-state index contributed by atoms with van der Waals surface area (Å²) >= 11 is 0. The van der Waals surface area contributed by atoms with Crippen LogP contribution < -0.4 is 5.73 Å². The highest BCUT2D eigenvalue weighted by atomic mass is 16.4. The number of rotatable bonds is 2. The molecule has 18 heavy (non-hydrogen) atoms. The van der Waals surface area contributed by atoms with E-state index in [2.05, 4.69) is 4.98 Å². The summed E-state index contributed by atoms with van der Waals surface area (Å²) in [6, 6.07) is 12.5. The van der Waals surface area contributed by atoms with Crippen LogP contribution in [0.4, 0.5) is 5.69 Å². The first-order chi connectivity index (χ1) is 8.74. The number of pyridine rings is 1. The summed E-state index contributed by atoms with van der Waals surface area (Å²) in [6.45, 7) is 0. The lowest BCUT2D eigenvalue weighted by molar-refractivity contribution is 0.187. The number of aliphatic hydroxyl groups is 1. The van der Waals surface area contributed by atoms with Crippen molar-refractivity contribution >= 4 is 16.7 Å². The Morgan fingerprint density at radius 3 is 2.83 bits per heavy atom. The molecule has 4 heteroatoms. The molecule has 4 nitrogen and oxygen atoms in total. The molecule has 0 aliphatic heterocycles. The number of benzene rings is 1. The van der Waals surface area contributed by atoms with Crippen molar-refractivity contribution in [2.75, 3.05) is 5.73 Å². The van der Waals surface area contributed by atoms with Gasteiger partial charge in [0.2, 0.25) is 0 Å². The van der Waals surface area contributed by atoms with Gasteiger partial charge >= 0.3 is 0 Å². The van der Waals surface area contributed by atoms with Crippen molar-refractivity contribution in [1.29, 1.82) is 0 Å². The van der Waals surface area contributed by atoms with Crippen LogP contribution in [0.3, 0.4) is 0 Å². The fourth-order valence-corrected chi connectivity index (χ4v) is 1.90.